The zero-order chi connectivity index (χ0) is 24.4. The predicted octanol–water partition coefficient (Wildman–Crippen LogP) is 6.36. The van der Waals surface area contributed by atoms with Gasteiger partial charge < -0.3 is 14.4 Å². The van der Waals surface area contributed by atoms with Crippen molar-refractivity contribution in [2.75, 3.05) is 31.6 Å². The number of halogens is 1. The second-order valence-electron chi connectivity index (χ2n) is 9.65. The predicted molar refractivity (Wildman–Crippen MR) is 142 cm³/mol. The smallest absolute Gasteiger partial charge is 0.139 e. The van der Waals surface area contributed by atoms with Crippen molar-refractivity contribution >= 4 is 17.3 Å². The van der Waals surface area contributed by atoms with Gasteiger partial charge in [-0.15, -0.1) is 0 Å². The highest BCUT2D eigenvalue weighted by molar-refractivity contribution is 6.32. The third-order valence-electron chi connectivity index (χ3n) is 7.73. The summed E-state index contributed by atoms with van der Waals surface area (Å²) >= 11 is 6.26. The molecule has 35 heavy (non-hydrogen) atoms. The Balaban J connectivity index is 1.31. The molecule has 1 aromatic heterocycles. The lowest BCUT2D eigenvalue weighted by Crippen LogP contribution is -2.56. The Kier molecular flexibility index (Phi) is 7.17. The molecule has 2 aromatic carbocycles. The Morgan fingerprint density at radius 2 is 1.80 bits per heavy atom. The van der Waals surface area contributed by atoms with Gasteiger partial charge in [0.25, 0.3) is 0 Å². The molecule has 6 heteroatoms. The fourth-order valence-corrected chi connectivity index (χ4v) is 5.83. The van der Waals surface area contributed by atoms with Crippen molar-refractivity contribution in [1.29, 1.82) is 0 Å². The first-order valence-electron chi connectivity index (χ1n) is 12.5. The molecule has 3 heterocycles. The summed E-state index contributed by atoms with van der Waals surface area (Å²) in [5.74, 6) is 1.71. The number of rotatable bonds is 6. The summed E-state index contributed by atoms with van der Waals surface area (Å²) in [5.41, 5.74) is 6.37. The molecule has 2 atom stereocenters. The number of ether oxygens (including phenoxy) is 2. The van der Waals surface area contributed by atoms with Gasteiger partial charge in [-0.3, -0.25) is 9.88 Å². The van der Waals surface area contributed by atoms with Gasteiger partial charge in [-0.25, -0.2) is 0 Å². The van der Waals surface area contributed by atoms with E-state index >= 15 is 0 Å². The van der Waals surface area contributed by atoms with Gasteiger partial charge in [0, 0.05) is 55.9 Å². The van der Waals surface area contributed by atoms with Gasteiger partial charge in [-0.05, 0) is 85.7 Å². The third kappa shape index (κ3) is 4.98. The van der Waals surface area contributed by atoms with Crippen molar-refractivity contribution in [2.24, 2.45) is 0 Å². The van der Waals surface area contributed by atoms with Crippen molar-refractivity contribution in [3.8, 4) is 11.5 Å². The zero-order valence-electron chi connectivity index (χ0n) is 20.8. The highest BCUT2D eigenvalue weighted by Gasteiger charge is 2.36. The largest absolute Gasteiger partial charge is 0.495 e. The molecule has 184 valence electrons. The van der Waals surface area contributed by atoms with Crippen LogP contribution in [-0.2, 0) is 6.61 Å². The van der Waals surface area contributed by atoms with E-state index in [1.54, 1.807) is 7.11 Å². The molecule has 5 rings (SSSR count). The molecular weight excluding hydrogens is 458 g/mol. The van der Waals surface area contributed by atoms with Crippen molar-refractivity contribution in [1.82, 2.24) is 9.88 Å². The van der Waals surface area contributed by atoms with Gasteiger partial charge in [-0.2, -0.15) is 0 Å². The first-order chi connectivity index (χ1) is 17.0. The molecule has 0 radical (unpaired) electrons. The van der Waals surface area contributed by atoms with E-state index in [1.807, 2.05) is 30.6 Å². The molecule has 5 nitrogen and oxygen atoms in total. The number of piperidine rings is 1. The van der Waals surface area contributed by atoms with Crippen LogP contribution in [0.25, 0.3) is 0 Å². The van der Waals surface area contributed by atoms with E-state index in [-0.39, 0.29) is 0 Å². The van der Waals surface area contributed by atoms with Gasteiger partial charge in [-0.1, -0.05) is 17.7 Å². The Morgan fingerprint density at radius 3 is 2.60 bits per heavy atom. The van der Waals surface area contributed by atoms with Crippen LogP contribution in [0.4, 0.5) is 5.69 Å². The zero-order valence-corrected chi connectivity index (χ0v) is 21.6. The highest BCUT2D eigenvalue weighted by atomic mass is 35.5. The Labute approximate surface area is 213 Å². The third-order valence-corrected chi connectivity index (χ3v) is 8.04. The van der Waals surface area contributed by atoms with E-state index in [1.165, 1.54) is 41.6 Å². The standard InChI is InChI=1S/C29H34ClN3O2/c1-20-21(2)28(35-19-22-11-13-31-14-12-22)10-8-25(20)27-6-4-5-24-18-32(15-16-33(24)27)23-7-9-26(30)29(17-23)34-3/h7-14,17,24,27H,4-6,15-16,18-19H2,1-3H3/t24-,27+/m0/s1. The Bertz CT molecular complexity index is 1170. The van der Waals surface area contributed by atoms with Crippen molar-refractivity contribution in [3.05, 3.63) is 82.1 Å². The van der Waals surface area contributed by atoms with E-state index in [2.05, 4.69) is 52.9 Å². The number of nitrogens with zero attached hydrogens (tertiary/aromatic N) is 3. The van der Waals surface area contributed by atoms with Crippen LogP contribution < -0.4 is 14.4 Å². The van der Waals surface area contributed by atoms with Crippen LogP contribution in [0.5, 0.6) is 11.5 Å². The van der Waals surface area contributed by atoms with Crippen molar-refractivity contribution < 1.29 is 9.47 Å². The van der Waals surface area contributed by atoms with Gasteiger partial charge in [0.05, 0.1) is 12.1 Å². The average Bonchev–Trinajstić information content (AvgIpc) is 2.90. The molecule has 3 aromatic rings. The highest BCUT2D eigenvalue weighted by Crippen LogP contribution is 2.40. The van der Waals surface area contributed by atoms with Crippen LogP contribution in [0.15, 0.2) is 54.9 Å². The summed E-state index contributed by atoms with van der Waals surface area (Å²) in [6, 6.07) is 15.6. The summed E-state index contributed by atoms with van der Waals surface area (Å²) < 4.78 is 11.6. The number of hydrogen-bond acceptors (Lipinski definition) is 5. The minimum Gasteiger partial charge on any atom is -0.495 e. The molecule has 2 fully saturated rings. The van der Waals surface area contributed by atoms with Crippen LogP contribution in [0.1, 0.15) is 47.6 Å². The van der Waals surface area contributed by atoms with E-state index in [0.717, 1.165) is 36.7 Å². The number of hydrogen-bond donors (Lipinski definition) is 0. The normalized spacial score (nSPS) is 20.4. The molecule has 2 aliphatic heterocycles. The lowest BCUT2D eigenvalue weighted by Gasteiger charge is -2.49. The number of aromatic nitrogens is 1. The molecule has 0 aliphatic carbocycles. The summed E-state index contributed by atoms with van der Waals surface area (Å²) in [6.07, 6.45) is 7.32. The minimum atomic E-state index is 0.462. The summed E-state index contributed by atoms with van der Waals surface area (Å²) in [6.45, 7) is 8.09. The molecule has 2 aliphatic rings. The molecule has 0 amide bonds. The number of piperazine rings is 1. The lowest BCUT2D eigenvalue weighted by molar-refractivity contribution is 0.0712. The Hall–Kier alpha value is -2.76. The molecule has 0 bridgehead atoms. The molecular formula is C29H34ClN3O2. The van der Waals surface area contributed by atoms with Crippen LogP contribution in [0.3, 0.4) is 0 Å². The quantitative estimate of drug-likeness (QED) is 0.401. The number of anilines is 1. The number of benzene rings is 2. The number of pyridine rings is 1. The van der Waals surface area contributed by atoms with E-state index in [4.69, 9.17) is 21.1 Å². The summed E-state index contributed by atoms with van der Waals surface area (Å²) in [5, 5.41) is 0.659. The Morgan fingerprint density at radius 1 is 0.971 bits per heavy atom. The second-order valence-corrected chi connectivity index (χ2v) is 10.1. The van der Waals surface area contributed by atoms with E-state index in [0.29, 0.717) is 23.7 Å². The monoisotopic (exact) mass is 491 g/mol. The van der Waals surface area contributed by atoms with Crippen molar-refractivity contribution in [2.45, 2.75) is 51.8 Å². The van der Waals surface area contributed by atoms with Crippen LogP contribution in [-0.4, -0.2) is 42.7 Å². The first-order valence-corrected chi connectivity index (χ1v) is 12.9. The maximum atomic E-state index is 6.26. The maximum Gasteiger partial charge on any atom is 0.139 e. The topological polar surface area (TPSA) is 37.8 Å². The van der Waals surface area contributed by atoms with Gasteiger partial charge in [0.1, 0.15) is 18.1 Å². The molecule has 0 N–H and O–H groups in total. The van der Waals surface area contributed by atoms with Crippen LogP contribution >= 0.6 is 11.6 Å². The molecule has 0 spiro atoms. The average molecular weight is 492 g/mol. The second kappa shape index (κ2) is 10.5. The fraction of sp³-hybridized carbons (Fsp3) is 0.414. The molecule has 2 saturated heterocycles. The van der Waals surface area contributed by atoms with E-state index in [9.17, 15) is 0 Å². The number of methoxy groups -OCH3 is 1. The maximum absolute atomic E-state index is 6.26. The van der Waals surface area contributed by atoms with Gasteiger partial charge in [0.15, 0.2) is 0 Å². The lowest BCUT2D eigenvalue weighted by atomic mass is 9.86. The minimum absolute atomic E-state index is 0.462. The first kappa shape index (κ1) is 24.0. The summed E-state index contributed by atoms with van der Waals surface area (Å²) in [4.78, 5) is 9.31. The summed E-state index contributed by atoms with van der Waals surface area (Å²) in [7, 11) is 1.68. The van der Waals surface area contributed by atoms with E-state index < -0.39 is 0 Å². The van der Waals surface area contributed by atoms with Crippen molar-refractivity contribution in [3.63, 3.8) is 0 Å². The SMILES string of the molecule is COc1cc(N2CCN3[C@@H](CCC[C@@H]3c3ccc(OCc4ccncc4)c(C)c3C)C2)ccc1Cl. The number of fused-ring (bicyclic) bond motifs is 1. The van der Waals surface area contributed by atoms with Crippen LogP contribution in [0.2, 0.25) is 5.02 Å². The molecule has 0 saturated carbocycles. The van der Waals surface area contributed by atoms with Crippen LogP contribution in [0, 0.1) is 13.8 Å². The fourth-order valence-electron chi connectivity index (χ4n) is 5.64. The molecule has 0 unspecified atom stereocenters. The van der Waals surface area contributed by atoms with Gasteiger partial charge in [0.2, 0.25) is 0 Å². The van der Waals surface area contributed by atoms with Gasteiger partial charge >= 0.3 is 0 Å².